The second kappa shape index (κ2) is 7.04. The van der Waals surface area contributed by atoms with E-state index in [-0.39, 0.29) is 10.7 Å². The molecule has 1 aromatic carbocycles. The molecule has 0 radical (unpaired) electrons. The van der Waals surface area contributed by atoms with Gasteiger partial charge in [-0.15, -0.1) is 0 Å². The first-order chi connectivity index (χ1) is 10.4. The average molecular weight is 407 g/mol. The Hall–Kier alpha value is -1.70. The van der Waals surface area contributed by atoms with Crippen molar-refractivity contribution in [3.8, 4) is 0 Å². The molecular formula is C13H7BrCl2FN3O2. The molecule has 1 heterocycles. The SMILES string of the molecule is O=C(NNC(=O)c1cc(F)c(Cl)nc1Cl)c1ccc(Br)cc1. The van der Waals surface area contributed by atoms with E-state index < -0.39 is 22.8 Å². The van der Waals surface area contributed by atoms with Gasteiger partial charge in [0, 0.05) is 10.0 Å². The lowest BCUT2D eigenvalue weighted by Crippen LogP contribution is -2.41. The summed E-state index contributed by atoms with van der Waals surface area (Å²) < 4.78 is 14.1. The van der Waals surface area contributed by atoms with E-state index in [0.717, 1.165) is 10.5 Å². The molecule has 114 valence electrons. The van der Waals surface area contributed by atoms with Gasteiger partial charge >= 0.3 is 0 Å². The van der Waals surface area contributed by atoms with Crippen molar-refractivity contribution in [3.05, 3.63) is 62.1 Å². The Bertz CT molecular complexity index is 741. The maximum Gasteiger partial charge on any atom is 0.272 e. The first-order valence-corrected chi connectivity index (χ1v) is 7.31. The third-order valence-electron chi connectivity index (χ3n) is 2.53. The number of hydrogen-bond donors (Lipinski definition) is 2. The first kappa shape index (κ1) is 16.7. The highest BCUT2D eigenvalue weighted by atomic mass is 79.9. The molecule has 1 aromatic heterocycles. The molecule has 2 N–H and O–H groups in total. The Morgan fingerprint density at radius 1 is 1.05 bits per heavy atom. The zero-order valence-corrected chi connectivity index (χ0v) is 13.8. The molecule has 0 spiro atoms. The largest absolute Gasteiger partial charge is 0.272 e. The Labute approximate surface area is 142 Å². The number of benzene rings is 1. The molecule has 0 saturated heterocycles. The summed E-state index contributed by atoms with van der Waals surface area (Å²) in [6, 6.07) is 7.29. The molecule has 0 fully saturated rings. The van der Waals surface area contributed by atoms with Crippen LogP contribution >= 0.6 is 39.1 Å². The molecule has 0 unspecified atom stereocenters. The van der Waals surface area contributed by atoms with Gasteiger partial charge in [-0.2, -0.15) is 0 Å². The topological polar surface area (TPSA) is 71.1 Å². The van der Waals surface area contributed by atoms with Gasteiger partial charge in [0.05, 0.1) is 5.56 Å². The number of carbonyl (C=O) groups is 2. The molecule has 9 heteroatoms. The van der Waals surface area contributed by atoms with Gasteiger partial charge in [0.25, 0.3) is 11.8 Å². The zero-order valence-electron chi connectivity index (χ0n) is 10.7. The number of hydrazine groups is 1. The molecule has 2 amide bonds. The highest BCUT2D eigenvalue weighted by Gasteiger charge is 2.16. The van der Waals surface area contributed by atoms with Crippen LogP contribution in [0.3, 0.4) is 0 Å². The lowest BCUT2D eigenvalue weighted by atomic mass is 10.2. The summed E-state index contributed by atoms with van der Waals surface area (Å²) in [5.74, 6) is -2.26. The van der Waals surface area contributed by atoms with Crippen molar-refractivity contribution in [1.29, 1.82) is 0 Å². The number of carbonyl (C=O) groups excluding carboxylic acids is 2. The number of pyridine rings is 1. The smallest absolute Gasteiger partial charge is 0.267 e. The van der Waals surface area contributed by atoms with Crippen molar-refractivity contribution < 1.29 is 14.0 Å². The quantitative estimate of drug-likeness (QED) is 0.593. The molecule has 2 rings (SSSR count). The van der Waals surface area contributed by atoms with Crippen molar-refractivity contribution in [2.24, 2.45) is 0 Å². The van der Waals surface area contributed by atoms with E-state index in [9.17, 15) is 14.0 Å². The van der Waals surface area contributed by atoms with Gasteiger partial charge in [0.15, 0.2) is 11.0 Å². The van der Waals surface area contributed by atoms with Gasteiger partial charge in [-0.1, -0.05) is 39.1 Å². The monoisotopic (exact) mass is 405 g/mol. The summed E-state index contributed by atoms with van der Waals surface area (Å²) in [6.45, 7) is 0. The molecule has 0 aliphatic carbocycles. The summed E-state index contributed by atoms with van der Waals surface area (Å²) in [5, 5.41) is -0.720. The van der Waals surface area contributed by atoms with Gasteiger partial charge in [-0.25, -0.2) is 9.37 Å². The van der Waals surface area contributed by atoms with E-state index in [1.165, 1.54) is 0 Å². The fourth-order valence-corrected chi connectivity index (χ4v) is 2.13. The highest BCUT2D eigenvalue weighted by molar-refractivity contribution is 9.10. The minimum absolute atomic E-state index is 0.250. The summed E-state index contributed by atoms with van der Waals surface area (Å²) in [4.78, 5) is 27.1. The second-order valence-electron chi connectivity index (χ2n) is 4.01. The van der Waals surface area contributed by atoms with Gasteiger partial charge in [-0.3, -0.25) is 20.4 Å². The van der Waals surface area contributed by atoms with E-state index in [2.05, 4.69) is 31.8 Å². The number of nitrogens with one attached hydrogen (secondary N) is 2. The van der Waals surface area contributed by atoms with Gasteiger partial charge in [0.1, 0.15) is 5.15 Å². The number of rotatable bonds is 2. The fourth-order valence-electron chi connectivity index (χ4n) is 1.46. The molecule has 0 aliphatic rings. The van der Waals surface area contributed by atoms with Crippen molar-refractivity contribution >= 4 is 50.9 Å². The summed E-state index contributed by atoms with van der Waals surface area (Å²) in [6.07, 6.45) is 0. The standard InChI is InChI=1S/C13H7BrCl2FN3O2/c14-7-3-1-6(2-4-7)12(21)19-20-13(22)8-5-9(17)11(16)18-10(8)15/h1-5H,(H,19,21)(H,20,22). The van der Waals surface area contributed by atoms with Crippen molar-refractivity contribution in [1.82, 2.24) is 15.8 Å². The molecule has 5 nitrogen and oxygen atoms in total. The maximum absolute atomic E-state index is 13.3. The molecule has 0 atom stereocenters. The van der Waals surface area contributed by atoms with Crippen LogP contribution in [0.2, 0.25) is 10.3 Å². The zero-order chi connectivity index (χ0) is 16.3. The van der Waals surface area contributed by atoms with E-state index >= 15 is 0 Å². The number of halogens is 4. The maximum atomic E-state index is 13.3. The third-order valence-corrected chi connectivity index (χ3v) is 3.61. The number of nitrogens with zero attached hydrogens (tertiary/aromatic N) is 1. The highest BCUT2D eigenvalue weighted by Crippen LogP contribution is 2.20. The Morgan fingerprint density at radius 2 is 1.64 bits per heavy atom. The summed E-state index contributed by atoms with van der Waals surface area (Å²) >= 11 is 14.4. The Morgan fingerprint density at radius 3 is 2.27 bits per heavy atom. The predicted molar refractivity (Wildman–Crippen MR) is 83.3 cm³/mol. The van der Waals surface area contributed by atoms with Gasteiger partial charge in [-0.05, 0) is 30.3 Å². The van der Waals surface area contributed by atoms with Crippen LogP contribution < -0.4 is 10.9 Å². The molecule has 0 saturated carbocycles. The summed E-state index contributed by atoms with van der Waals surface area (Å²) in [7, 11) is 0. The summed E-state index contributed by atoms with van der Waals surface area (Å²) in [5.41, 5.74) is 4.38. The minimum Gasteiger partial charge on any atom is -0.267 e. The van der Waals surface area contributed by atoms with E-state index in [1.54, 1.807) is 24.3 Å². The van der Waals surface area contributed by atoms with E-state index in [0.29, 0.717) is 5.56 Å². The van der Waals surface area contributed by atoms with Gasteiger partial charge < -0.3 is 0 Å². The minimum atomic E-state index is -0.893. The predicted octanol–water partition coefficient (Wildman–Crippen LogP) is 3.36. The van der Waals surface area contributed by atoms with Crippen LogP contribution in [0.15, 0.2) is 34.8 Å². The second-order valence-corrected chi connectivity index (χ2v) is 5.65. The van der Waals surface area contributed by atoms with Crippen LogP contribution in [-0.4, -0.2) is 16.8 Å². The van der Waals surface area contributed by atoms with Crippen molar-refractivity contribution in [3.63, 3.8) is 0 Å². The van der Waals surface area contributed by atoms with Crippen LogP contribution in [-0.2, 0) is 0 Å². The molecule has 0 bridgehead atoms. The number of hydrogen-bond acceptors (Lipinski definition) is 3. The molecular weight excluding hydrogens is 400 g/mol. The van der Waals surface area contributed by atoms with Crippen molar-refractivity contribution in [2.45, 2.75) is 0 Å². The van der Waals surface area contributed by atoms with Crippen molar-refractivity contribution in [2.75, 3.05) is 0 Å². The Kier molecular flexibility index (Phi) is 5.33. The molecule has 2 aromatic rings. The molecule has 0 aliphatic heterocycles. The van der Waals surface area contributed by atoms with Crippen LogP contribution in [0.25, 0.3) is 0 Å². The van der Waals surface area contributed by atoms with Gasteiger partial charge in [0.2, 0.25) is 0 Å². The fraction of sp³-hybridized carbons (Fsp3) is 0. The van der Waals surface area contributed by atoms with Crippen LogP contribution in [0.1, 0.15) is 20.7 Å². The number of amides is 2. The lowest BCUT2D eigenvalue weighted by Gasteiger charge is -2.08. The normalized spacial score (nSPS) is 10.2. The Balaban J connectivity index is 2.05. The van der Waals surface area contributed by atoms with Crippen LogP contribution in [0, 0.1) is 5.82 Å². The van der Waals surface area contributed by atoms with E-state index in [1.807, 2.05) is 0 Å². The number of aromatic nitrogens is 1. The lowest BCUT2D eigenvalue weighted by molar-refractivity contribution is 0.0846. The molecule has 22 heavy (non-hydrogen) atoms. The average Bonchev–Trinajstić information content (AvgIpc) is 2.49. The van der Waals surface area contributed by atoms with E-state index in [4.69, 9.17) is 23.2 Å². The van der Waals surface area contributed by atoms with Crippen LogP contribution in [0.4, 0.5) is 4.39 Å². The first-order valence-electron chi connectivity index (χ1n) is 5.76. The van der Waals surface area contributed by atoms with Crippen LogP contribution in [0.5, 0.6) is 0 Å². The third kappa shape index (κ3) is 3.94.